The maximum Gasteiger partial charge on any atom is 0.407 e. The predicted octanol–water partition coefficient (Wildman–Crippen LogP) is 4.29. The lowest BCUT2D eigenvalue weighted by Crippen LogP contribution is -2.51. The van der Waals surface area contributed by atoms with Crippen molar-refractivity contribution in [3.05, 3.63) is 89.6 Å². The van der Waals surface area contributed by atoms with Crippen LogP contribution in [0.5, 0.6) is 0 Å². The van der Waals surface area contributed by atoms with Crippen LogP contribution in [0, 0.1) is 11.6 Å². The summed E-state index contributed by atoms with van der Waals surface area (Å²) in [6, 6.07) is 14.8. The van der Waals surface area contributed by atoms with E-state index in [4.69, 9.17) is 0 Å². The van der Waals surface area contributed by atoms with Crippen LogP contribution in [0.1, 0.15) is 28.3 Å². The number of carbonyl (C=O) groups is 2. The standard InChI is InChI=1S/C24H21F2N3O3/c25-18-7-4-15(5-8-18)20-14-29(24(31)32)11-10-22(20)28-23(30)17-6-9-21(27-13-17)16-2-1-3-19(26)12-16/h1-9,12-13,20,22H,10-11,14H2,(H,28,30)(H,31,32). The van der Waals surface area contributed by atoms with E-state index in [1.165, 1.54) is 35.4 Å². The smallest absolute Gasteiger partial charge is 0.407 e. The van der Waals surface area contributed by atoms with Gasteiger partial charge in [-0.05, 0) is 48.4 Å². The minimum absolute atomic E-state index is 0.197. The van der Waals surface area contributed by atoms with E-state index in [1.54, 1.807) is 36.4 Å². The van der Waals surface area contributed by atoms with Gasteiger partial charge in [-0.1, -0.05) is 24.3 Å². The number of hydrogen-bond acceptors (Lipinski definition) is 3. The Morgan fingerprint density at radius 3 is 2.47 bits per heavy atom. The number of amides is 2. The highest BCUT2D eigenvalue weighted by Crippen LogP contribution is 2.28. The molecule has 3 aromatic rings. The highest BCUT2D eigenvalue weighted by Gasteiger charge is 2.33. The van der Waals surface area contributed by atoms with Gasteiger partial charge in [0.1, 0.15) is 11.6 Å². The van der Waals surface area contributed by atoms with Gasteiger partial charge in [0.05, 0.1) is 11.3 Å². The Morgan fingerprint density at radius 1 is 1.03 bits per heavy atom. The Balaban J connectivity index is 1.51. The van der Waals surface area contributed by atoms with E-state index in [0.717, 1.165) is 5.56 Å². The van der Waals surface area contributed by atoms with E-state index < -0.39 is 6.09 Å². The fourth-order valence-corrected chi connectivity index (χ4v) is 3.94. The number of piperidine rings is 1. The monoisotopic (exact) mass is 437 g/mol. The maximum atomic E-state index is 13.4. The first-order valence-electron chi connectivity index (χ1n) is 10.2. The highest BCUT2D eigenvalue weighted by molar-refractivity contribution is 5.94. The van der Waals surface area contributed by atoms with Crippen LogP contribution in [0.4, 0.5) is 13.6 Å². The van der Waals surface area contributed by atoms with Gasteiger partial charge in [-0.3, -0.25) is 9.78 Å². The number of aromatic nitrogens is 1. The first kappa shape index (κ1) is 21.4. The Labute approximate surface area is 183 Å². The van der Waals surface area contributed by atoms with Gasteiger partial charge in [0.15, 0.2) is 0 Å². The normalized spacial score (nSPS) is 18.2. The second kappa shape index (κ2) is 9.13. The van der Waals surface area contributed by atoms with Crippen molar-refractivity contribution >= 4 is 12.0 Å². The van der Waals surface area contributed by atoms with Crippen LogP contribution < -0.4 is 5.32 Å². The summed E-state index contributed by atoms with van der Waals surface area (Å²) in [5.74, 6) is -1.41. The van der Waals surface area contributed by atoms with Crippen molar-refractivity contribution in [2.45, 2.75) is 18.4 Å². The van der Waals surface area contributed by atoms with Crippen molar-refractivity contribution in [3.63, 3.8) is 0 Å². The number of carboxylic acid groups (broad SMARTS) is 1. The third-order valence-corrected chi connectivity index (χ3v) is 5.64. The zero-order chi connectivity index (χ0) is 22.7. The topological polar surface area (TPSA) is 82.5 Å². The Hall–Kier alpha value is -3.81. The molecule has 2 atom stereocenters. The molecule has 2 aromatic carbocycles. The van der Waals surface area contributed by atoms with Gasteiger partial charge in [0.2, 0.25) is 0 Å². The van der Waals surface area contributed by atoms with Crippen LogP contribution in [0.2, 0.25) is 0 Å². The summed E-state index contributed by atoms with van der Waals surface area (Å²) in [5, 5.41) is 12.4. The predicted molar refractivity (Wildman–Crippen MR) is 114 cm³/mol. The molecule has 8 heteroatoms. The summed E-state index contributed by atoms with van der Waals surface area (Å²) < 4.78 is 26.8. The molecular formula is C24H21F2N3O3. The van der Waals surface area contributed by atoms with E-state index >= 15 is 0 Å². The summed E-state index contributed by atoms with van der Waals surface area (Å²) in [7, 11) is 0. The molecule has 0 saturated carbocycles. The minimum atomic E-state index is -1.03. The van der Waals surface area contributed by atoms with Gasteiger partial charge in [-0.15, -0.1) is 0 Å². The number of nitrogens with one attached hydrogen (secondary N) is 1. The number of hydrogen-bond donors (Lipinski definition) is 2. The van der Waals surface area contributed by atoms with E-state index in [-0.39, 0.29) is 42.6 Å². The van der Waals surface area contributed by atoms with Crippen molar-refractivity contribution in [3.8, 4) is 11.3 Å². The number of rotatable bonds is 4. The number of benzene rings is 2. The molecule has 1 aliphatic rings. The molecule has 2 N–H and O–H groups in total. The van der Waals surface area contributed by atoms with Crippen LogP contribution in [0.3, 0.4) is 0 Å². The molecular weight excluding hydrogens is 416 g/mol. The van der Waals surface area contributed by atoms with Crippen LogP contribution >= 0.6 is 0 Å². The molecule has 0 spiro atoms. The second-order valence-corrected chi connectivity index (χ2v) is 7.70. The number of likely N-dealkylation sites (tertiary alicyclic amines) is 1. The zero-order valence-corrected chi connectivity index (χ0v) is 17.0. The molecule has 1 saturated heterocycles. The third kappa shape index (κ3) is 4.74. The minimum Gasteiger partial charge on any atom is -0.465 e. The summed E-state index contributed by atoms with van der Waals surface area (Å²) in [5.41, 5.74) is 2.24. The fraction of sp³-hybridized carbons (Fsp3) is 0.208. The first-order chi connectivity index (χ1) is 15.4. The lowest BCUT2D eigenvalue weighted by atomic mass is 9.86. The van der Waals surface area contributed by atoms with Crippen LogP contribution in [-0.2, 0) is 0 Å². The van der Waals surface area contributed by atoms with Gasteiger partial charge in [0.25, 0.3) is 5.91 Å². The molecule has 32 heavy (non-hydrogen) atoms. The number of halogens is 2. The summed E-state index contributed by atoms with van der Waals surface area (Å²) in [4.78, 5) is 29.9. The quantitative estimate of drug-likeness (QED) is 0.638. The Bertz CT molecular complexity index is 1120. The SMILES string of the molecule is O=C(NC1CCN(C(=O)O)CC1c1ccc(F)cc1)c1ccc(-c2cccc(F)c2)nc1. The van der Waals surface area contributed by atoms with E-state index in [0.29, 0.717) is 23.2 Å². The van der Waals surface area contributed by atoms with E-state index in [9.17, 15) is 23.5 Å². The average Bonchev–Trinajstić information content (AvgIpc) is 2.80. The fourth-order valence-electron chi connectivity index (χ4n) is 3.94. The van der Waals surface area contributed by atoms with E-state index in [1.807, 2.05) is 0 Å². The van der Waals surface area contributed by atoms with Crippen LogP contribution in [0.15, 0.2) is 66.9 Å². The summed E-state index contributed by atoms with van der Waals surface area (Å²) in [6.07, 6.45) is 0.822. The van der Waals surface area contributed by atoms with Crippen molar-refractivity contribution in [2.24, 2.45) is 0 Å². The summed E-state index contributed by atoms with van der Waals surface area (Å²) >= 11 is 0. The second-order valence-electron chi connectivity index (χ2n) is 7.70. The third-order valence-electron chi connectivity index (χ3n) is 5.64. The molecule has 1 aromatic heterocycles. The molecule has 164 valence electrons. The largest absolute Gasteiger partial charge is 0.465 e. The van der Waals surface area contributed by atoms with Gasteiger partial charge < -0.3 is 15.3 Å². The Morgan fingerprint density at radius 2 is 1.81 bits per heavy atom. The molecule has 1 fully saturated rings. The molecule has 0 bridgehead atoms. The molecule has 4 rings (SSSR count). The van der Waals surface area contributed by atoms with Gasteiger partial charge in [-0.2, -0.15) is 0 Å². The molecule has 0 radical (unpaired) electrons. The molecule has 2 heterocycles. The zero-order valence-electron chi connectivity index (χ0n) is 17.0. The molecule has 2 amide bonds. The van der Waals surface area contributed by atoms with Gasteiger partial charge in [0, 0.05) is 36.8 Å². The van der Waals surface area contributed by atoms with E-state index in [2.05, 4.69) is 10.3 Å². The Kier molecular flexibility index (Phi) is 6.11. The molecule has 1 aliphatic heterocycles. The van der Waals surface area contributed by atoms with Gasteiger partial charge in [-0.25, -0.2) is 13.6 Å². The van der Waals surface area contributed by atoms with Crippen molar-refractivity contribution in [1.82, 2.24) is 15.2 Å². The highest BCUT2D eigenvalue weighted by atomic mass is 19.1. The average molecular weight is 437 g/mol. The molecule has 0 aliphatic carbocycles. The molecule has 6 nitrogen and oxygen atoms in total. The van der Waals surface area contributed by atoms with Crippen LogP contribution in [-0.4, -0.2) is 46.1 Å². The lowest BCUT2D eigenvalue weighted by molar-refractivity contribution is 0.0888. The van der Waals surface area contributed by atoms with Crippen LogP contribution in [0.25, 0.3) is 11.3 Å². The van der Waals surface area contributed by atoms with Crippen molar-refractivity contribution in [1.29, 1.82) is 0 Å². The first-order valence-corrected chi connectivity index (χ1v) is 10.2. The maximum absolute atomic E-state index is 13.4. The van der Waals surface area contributed by atoms with Crippen molar-refractivity contribution < 1.29 is 23.5 Å². The molecule has 2 unspecified atom stereocenters. The number of carbonyl (C=O) groups excluding carboxylic acids is 1. The van der Waals surface area contributed by atoms with Gasteiger partial charge >= 0.3 is 6.09 Å². The lowest BCUT2D eigenvalue weighted by Gasteiger charge is -2.38. The summed E-state index contributed by atoms with van der Waals surface area (Å²) in [6.45, 7) is 0.484. The number of nitrogens with zero attached hydrogens (tertiary/aromatic N) is 2. The van der Waals surface area contributed by atoms with Crippen molar-refractivity contribution in [2.75, 3.05) is 13.1 Å². The number of pyridine rings is 1.